The highest BCUT2D eigenvalue weighted by Crippen LogP contribution is 2.37. The van der Waals surface area contributed by atoms with Gasteiger partial charge in [0.2, 0.25) is 0 Å². The van der Waals surface area contributed by atoms with Crippen LogP contribution in [0.2, 0.25) is 5.02 Å². The lowest BCUT2D eigenvalue weighted by molar-refractivity contribution is -0.122. The normalized spacial score (nSPS) is 19.2. The number of piperidine rings is 1. The van der Waals surface area contributed by atoms with E-state index in [1.54, 1.807) is 23.1 Å². The smallest absolute Gasteiger partial charge is 0.407 e. The predicted molar refractivity (Wildman–Crippen MR) is 77.1 cm³/mol. The van der Waals surface area contributed by atoms with Crippen molar-refractivity contribution in [3.8, 4) is 5.75 Å². The second kappa shape index (κ2) is 5.44. The third-order valence-corrected chi connectivity index (χ3v) is 4.14. The highest BCUT2D eigenvalue weighted by atomic mass is 35.5. The van der Waals surface area contributed by atoms with E-state index in [0.717, 1.165) is 0 Å². The van der Waals surface area contributed by atoms with Gasteiger partial charge in [0.25, 0.3) is 5.91 Å². The molecule has 0 aromatic heterocycles. The molecule has 2 heterocycles. The number of amides is 2. The molecule has 0 saturated carbocycles. The van der Waals surface area contributed by atoms with Gasteiger partial charge in [-0.3, -0.25) is 4.79 Å². The summed E-state index contributed by atoms with van der Waals surface area (Å²) in [5.41, 5.74) is 0.674. The molecular formula is C14H15ClN2O4. The molecule has 1 saturated heterocycles. The second-order valence-electron chi connectivity index (χ2n) is 5.17. The second-order valence-corrected chi connectivity index (χ2v) is 5.60. The number of halogens is 1. The number of fused-ring (bicyclic) bond motifs is 1. The van der Waals surface area contributed by atoms with E-state index in [4.69, 9.17) is 21.4 Å². The number of carbonyl (C=O) groups is 2. The lowest BCUT2D eigenvalue weighted by Crippen LogP contribution is -2.51. The van der Waals surface area contributed by atoms with Crippen molar-refractivity contribution in [3.63, 3.8) is 0 Å². The van der Waals surface area contributed by atoms with Gasteiger partial charge in [-0.2, -0.15) is 0 Å². The molecule has 2 aliphatic rings. The van der Waals surface area contributed by atoms with Gasteiger partial charge in [-0.15, -0.1) is 0 Å². The molecule has 0 radical (unpaired) electrons. The third kappa shape index (κ3) is 2.63. The Labute approximate surface area is 126 Å². The summed E-state index contributed by atoms with van der Waals surface area (Å²) < 4.78 is 5.42. The van der Waals surface area contributed by atoms with Gasteiger partial charge in [-0.1, -0.05) is 11.6 Å². The maximum atomic E-state index is 12.2. The van der Waals surface area contributed by atoms with E-state index in [2.05, 4.69) is 0 Å². The van der Waals surface area contributed by atoms with Crippen LogP contribution in [0, 0.1) is 0 Å². The molecule has 2 aliphatic heterocycles. The summed E-state index contributed by atoms with van der Waals surface area (Å²) in [6.07, 6.45) is 0.318. The SMILES string of the molecule is O=C(O)N1CCC(N2C(=O)COc3ccc(Cl)cc32)CC1. The summed E-state index contributed by atoms with van der Waals surface area (Å²) in [5.74, 6) is 0.526. The molecule has 7 heteroatoms. The minimum absolute atomic E-state index is 0.00772. The molecule has 1 aromatic rings. The van der Waals surface area contributed by atoms with Crippen LogP contribution in [0.4, 0.5) is 10.5 Å². The fourth-order valence-electron chi connectivity index (χ4n) is 2.86. The number of hydrogen-bond acceptors (Lipinski definition) is 3. The lowest BCUT2D eigenvalue weighted by Gasteiger charge is -2.40. The lowest BCUT2D eigenvalue weighted by atomic mass is 10.0. The molecule has 112 valence electrons. The number of likely N-dealkylation sites (tertiary alicyclic amines) is 1. The molecule has 6 nitrogen and oxygen atoms in total. The number of ether oxygens (including phenoxy) is 1. The van der Waals surface area contributed by atoms with Crippen LogP contribution in [-0.2, 0) is 4.79 Å². The first-order chi connectivity index (χ1) is 10.1. The number of carboxylic acid groups (broad SMARTS) is 1. The Hall–Kier alpha value is -1.95. The Balaban J connectivity index is 1.84. The van der Waals surface area contributed by atoms with Crippen LogP contribution in [-0.4, -0.2) is 47.7 Å². The molecule has 3 rings (SSSR count). The first kappa shape index (κ1) is 14.0. The highest BCUT2D eigenvalue weighted by molar-refractivity contribution is 6.31. The van der Waals surface area contributed by atoms with Crippen molar-refractivity contribution in [1.29, 1.82) is 0 Å². The van der Waals surface area contributed by atoms with Gasteiger partial charge in [-0.25, -0.2) is 4.79 Å². The summed E-state index contributed by atoms with van der Waals surface area (Å²) in [5, 5.41) is 9.53. The molecule has 1 fully saturated rings. The molecule has 21 heavy (non-hydrogen) atoms. The summed E-state index contributed by atoms with van der Waals surface area (Å²) in [4.78, 5) is 26.3. The Bertz CT molecular complexity index is 584. The maximum absolute atomic E-state index is 12.2. The van der Waals surface area contributed by atoms with E-state index in [1.807, 2.05) is 0 Å². The summed E-state index contributed by atoms with van der Waals surface area (Å²) >= 11 is 6.01. The Morgan fingerprint density at radius 3 is 2.71 bits per heavy atom. The van der Waals surface area contributed by atoms with Crippen molar-refractivity contribution < 1.29 is 19.4 Å². The minimum Gasteiger partial charge on any atom is -0.482 e. The molecule has 0 unspecified atom stereocenters. The van der Waals surface area contributed by atoms with E-state index in [0.29, 0.717) is 42.4 Å². The number of benzene rings is 1. The molecule has 1 N–H and O–H groups in total. The maximum Gasteiger partial charge on any atom is 0.407 e. The summed E-state index contributed by atoms with van der Waals surface area (Å²) in [6, 6.07) is 5.18. The molecule has 2 amide bonds. The predicted octanol–water partition coefficient (Wildman–Crippen LogP) is 2.21. The Morgan fingerprint density at radius 2 is 2.05 bits per heavy atom. The number of nitrogens with zero attached hydrogens (tertiary/aromatic N) is 2. The number of anilines is 1. The first-order valence-electron chi connectivity index (χ1n) is 6.78. The van der Waals surface area contributed by atoms with E-state index in [1.165, 1.54) is 4.90 Å². The summed E-state index contributed by atoms with van der Waals surface area (Å²) in [6.45, 7) is 0.870. The molecule has 0 atom stereocenters. The molecular weight excluding hydrogens is 296 g/mol. The van der Waals surface area contributed by atoms with Crippen molar-refractivity contribution >= 4 is 29.3 Å². The van der Waals surface area contributed by atoms with Crippen LogP contribution >= 0.6 is 11.6 Å². The van der Waals surface area contributed by atoms with Crippen molar-refractivity contribution in [2.24, 2.45) is 0 Å². The zero-order chi connectivity index (χ0) is 15.0. The van der Waals surface area contributed by atoms with Crippen LogP contribution in [0.1, 0.15) is 12.8 Å². The van der Waals surface area contributed by atoms with Gasteiger partial charge in [0.15, 0.2) is 6.61 Å². The van der Waals surface area contributed by atoms with Crippen LogP contribution < -0.4 is 9.64 Å². The van der Waals surface area contributed by atoms with Crippen LogP contribution in [0.15, 0.2) is 18.2 Å². The topological polar surface area (TPSA) is 70.1 Å². The van der Waals surface area contributed by atoms with Crippen molar-refractivity contribution in [2.75, 3.05) is 24.6 Å². The van der Waals surface area contributed by atoms with Crippen LogP contribution in [0.25, 0.3) is 0 Å². The third-order valence-electron chi connectivity index (χ3n) is 3.90. The molecule has 0 bridgehead atoms. The van der Waals surface area contributed by atoms with E-state index in [-0.39, 0.29) is 18.6 Å². The molecule has 0 aliphatic carbocycles. The average Bonchev–Trinajstić information content (AvgIpc) is 2.47. The Morgan fingerprint density at radius 1 is 1.33 bits per heavy atom. The number of hydrogen-bond donors (Lipinski definition) is 1. The van der Waals surface area contributed by atoms with Gasteiger partial charge in [-0.05, 0) is 31.0 Å². The zero-order valence-corrected chi connectivity index (χ0v) is 12.0. The van der Waals surface area contributed by atoms with Gasteiger partial charge in [0.1, 0.15) is 5.75 Å². The molecule has 0 spiro atoms. The number of rotatable bonds is 1. The fourth-order valence-corrected chi connectivity index (χ4v) is 3.03. The van der Waals surface area contributed by atoms with Gasteiger partial charge >= 0.3 is 6.09 Å². The van der Waals surface area contributed by atoms with Gasteiger partial charge in [0, 0.05) is 24.2 Å². The van der Waals surface area contributed by atoms with Gasteiger partial charge in [0.05, 0.1) is 5.69 Å². The molecule has 1 aromatic carbocycles. The van der Waals surface area contributed by atoms with Crippen molar-refractivity contribution in [2.45, 2.75) is 18.9 Å². The quantitative estimate of drug-likeness (QED) is 0.863. The zero-order valence-electron chi connectivity index (χ0n) is 11.3. The number of carbonyl (C=O) groups excluding carboxylic acids is 1. The van der Waals surface area contributed by atoms with E-state index < -0.39 is 6.09 Å². The van der Waals surface area contributed by atoms with E-state index >= 15 is 0 Å². The first-order valence-corrected chi connectivity index (χ1v) is 7.16. The standard InChI is InChI=1S/C14H15ClN2O4/c15-9-1-2-12-11(7-9)17(13(18)8-21-12)10-3-5-16(6-4-10)14(19)20/h1-2,7,10H,3-6,8H2,(H,19,20). The van der Waals surface area contributed by atoms with E-state index in [9.17, 15) is 9.59 Å². The van der Waals surface area contributed by atoms with Crippen LogP contribution in [0.3, 0.4) is 0 Å². The fraction of sp³-hybridized carbons (Fsp3) is 0.429. The minimum atomic E-state index is -0.912. The highest BCUT2D eigenvalue weighted by Gasteiger charge is 2.34. The average molecular weight is 311 g/mol. The van der Waals surface area contributed by atoms with Crippen LogP contribution in [0.5, 0.6) is 5.75 Å². The van der Waals surface area contributed by atoms with Crippen molar-refractivity contribution in [3.05, 3.63) is 23.2 Å². The Kier molecular flexibility index (Phi) is 3.63. The van der Waals surface area contributed by atoms with Crippen molar-refractivity contribution in [1.82, 2.24) is 4.90 Å². The monoisotopic (exact) mass is 310 g/mol. The largest absolute Gasteiger partial charge is 0.482 e. The summed E-state index contributed by atoms with van der Waals surface area (Å²) in [7, 11) is 0. The van der Waals surface area contributed by atoms with Gasteiger partial charge < -0.3 is 19.6 Å².